The predicted molar refractivity (Wildman–Crippen MR) is 80.3 cm³/mol. The van der Waals surface area contributed by atoms with Crippen molar-refractivity contribution in [2.75, 3.05) is 18.5 Å². The Hall–Kier alpha value is -0.410. The van der Waals surface area contributed by atoms with Crippen LogP contribution in [0.4, 0.5) is 0 Å². The highest BCUT2D eigenvalue weighted by molar-refractivity contribution is 9.09. The number of aromatic nitrogens is 1. The maximum absolute atomic E-state index is 5.62. The monoisotopic (exact) mass is 313 g/mol. The van der Waals surface area contributed by atoms with Crippen LogP contribution in [0.3, 0.4) is 0 Å². The van der Waals surface area contributed by atoms with E-state index in [1.807, 2.05) is 18.3 Å². The zero-order chi connectivity index (χ0) is 12.9. The first kappa shape index (κ1) is 15.6. The molecule has 1 aromatic rings. The molecule has 0 N–H and O–H groups in total. The summed E-state index contributed by atoms with van der Waals surface area (Å²) in [6.45, 7) is 1.82. The molecule has 0 atom stereocenters. The molecule has 0 saturated carbocycles. The Bertz CT molecular complexity index is 279. The van der Waals surface area contributed by atoms with Gasteiger partial charge in [-0.3, -0.25) is 4.98 Å². The molecule has 0 aliphatic heterocycles. The van der Waals surface area contributed by atoms with Crippen molar-refractivity contribution in [3.8, 4) is 0 Å². The molecule has 102 valence electrons. The molecular formula is C15H24BrNO. The Morgan fingerprint density at radius 2 is 1.72 bits per heavy atom. The molecule has 0 radical (unpaired) electrons. The van der Waals surface area contributed by atoms with Crippen LogP contribution < -0.4 is 0 Å². The van der Waals surface area contributed by atoms with E-state index < -0.39 is 0 Å². The number of ether oxygens (including phenoxy) is 1. The molecule has 2 nitrogen and oxygen atoms in total. The summed E-state index contributed by atoms with van der Waals surface area (Å²) >= 11 is 3.44. The van der Waals surface area contributed by atoms with Crippen LogP contribution in [0.1, 0.15) is 44.2 Å². The van der Waals surface area contributed by atoms with Gasteiger partial charge >= 0.3 is 0 Å². The number of aryl methyl sites for hydroxylation is 1. The lowest BCUT2D eigenvalue weighted by molar-refractivity contribution is 0.126. The predicted octanol–water partition coefficient (Wildman–Crippen LogP) is 4.38. The minimum atomic E-state index is 0.894. The fourth-order valence-electron chi connectivity index (χ4n) is 1.81. The Kier molecular flexibility index (Phi) is 10.1. The van der Waals surface area contributed by atoms with Gasteiger partial charge in [-0.05, 0) is 44.2 Å². The molecule has 1 heterocycles. The molecular weight excluding hydrogens is 290 g/mol. The summed E-state index contributed by atoms with van der Waals surface area (Å²) in [6.07, 6.45) is 10.3. The van der Waals surface area contributed by atoms with E-state index in [0.29, 0.717) is 0 Å². The number of rotatable bonds is 11. The molecule has 0 amide bonds. The van der Waals surface area contributed by atoms with E-state index in [0.717, 1.165) is 31.4 Å². The van der Waals surface area contributed by atoms with Crippen molar-refractivity contribution in [1.29, 1.82) is 0 Å². The maximum Gasteiger partial charge on any atom is 0.0466 e. The Balaban J connectivity index is 1.82. The molecule has 0 aliphatic carbocycles. The van der Waals surface area contributed by atoms with Crippen molar-refractivity contribution in [1.82, 2.24) is 4.98 Å². The van der Waals surface area contributed by atoms with Crippen LogP contribution in [0.2, 0.25) is 0 Å². The van der Waals surface area contributed by atoms with E-state index >= 15 is 0 Å². The van der Waals surface area contributed by atoms with E-state index in [-0.39, 0.29) is 0 Å². The first-order valence-electron chi connectivity index (χ1n) is 6.97. The summed E-state index contributed by atoms with van der Waals surface area (Å²) in [5.41, 5.74) is 1.19. The first-order valence-corrected chi connectivity index (χ1v) is 8.09. The second kappa shape index (κ2) is 11.7. The summed E-state index contributed by atoms with van der Waals surface area (Å²) in [4.78, 5) is 4.31. The fourth-order valence-corrected chi connectivity index (χ4v) is 2.21. The van der Waals surface area contributed by atoms with E-state index in [2.05, 4.69) is 27.0 Å². The number of halogens is 1. The first-order chi connectivity index (χ1) is 8.93. The molecule has 0 unspecified atom stereocenters. The molecule has 18 heavy (non-hydrogen) atoms. The molecule has 0 saturated heterocycles. The van der Waals surface area contributed by atoms with Gasteiger partial charge < -0.3 is 4.74 Å². The highest BCUT2D eigenvalue weighted by Gasteiger charge is 1.94. The van der Waals surface area contributed by atoms with Crippen molar-refractivity contribution in [2.45, 2.75) is 44.9 Å². The summed E-state index contributed by atoms with van der Waals surface area (Å²) in [6, 6.07) is 6.10. The van der Waals surface area contributed by atoms with Gasteiger partial charge in [0.1, 0.15) is 0 Å². The number of alkyl halides is 1. The molecule has 0 spiro atoms. The van der Waals surface area contributed by atoms with Crippen LogP contribution in [-0.2, 0) is 11.2 Å². The average molecular weight is 314 g/mol. The third-order valence-corrected chi connectivity index (χ3v) is 3.43. The van der Waals surface area contributed by atoms with Gasteiger partial charge in [0.25, 0.3) is 0 Å². The van der Waals surface area contributed by atoms with Gasteiger partial charge in [-0.2, -0.15) is 0 Å². The number of unbranched alkanes of at least 4 members (excludes halogenated alkanes) is 4. The molecule has 0 aromatic carbocycles. The van der Waals surface area contributed by atoms with Crippen molar-refractivity contribution < 1.29 is 4.74 Å². The maximum atomic E-state index is 5.62. The van der Waals surface area contributed by atoms with E-state index in [1.54, 1.807) is 0 Å². The third kappa shape index (κ3) is 8.65. The van der Waals surface area contributed by atoms with Gasteiger partial charge in [-0.1, -0.05) is 34.8 Å². The van der Waals surface area contributed by atoms with Crippen LogP contribution in [0.25, 0.3) is 0 Å². The highest BCUT2D eigenvalue weighted by atomic mass is 79.9. The van der Waals surface area contributed by atoms with Gasteiger partial charge in [0.2, 0.25) is 0 Å². The minimum Gasteiger partial charge on any atom is -0.381 e. The number of nitrogens with zero attached hydrogens (tertiary/aromatic N) is 1. The number of hydrogen-bond donors (Lipinski definition) is 0. The lowest BCUT2D eigenvalue weighted by Crippen LogP contribution is -1.98. The molecule has 1 aromatic heterocycles. The summed E-state index contributed by atoms with van der Waals surface area (Å²) in [5, 5.41) is 1.13. The van der Waals surface area contributed by atoms with E-state index in [1.165, 1.54) is 37.8 Å². The van der Waals surface area contributed by atoms with Crippen molar-refractivity contribution >= 4 is 15.9 Å². The van der Waals surface area contributed by atoms with Crippen LogP contribution >= 0.6 is 15.9 Å². The van der Waals surface area contributed by atoms with Crippen molar-refractivity contribution in [3.63, 3.8) is 0 Å². The standard InChI is InChI=1S/C15H24BrNO/c16-11-5-1-2-7-13-18-14-8-4-10-15-9-3-6-12-17-15/h3,6,9,12H,1-2,4-5,7-8,10-11,13-14H2. The number of hydrogen-bond acceptors (Lipinski definition) is 2. The van der Waals surface area contributed by atoms with Gasteiger partial charge in [0.15, 0.2) is 0 Å². The smallest absolute Gasteiger partial charge is 0.0466 e. The summed E-state index contributed by atoms with van der Waals surface area (Å²) < 4.78 is 5.62. The van der Waals surface area contributed by atoms with Crippen LogP contribution in [0.5, 0.6) is 0 Å². The fraction of sp³-hybridized carbons (Fsp3) is 0.667. The molecule has 1 rings (SSSR count). The Labute approximate surface area is 119 Å². The quantitative estimate of drug-likeness (QED) is 0.447. The van der Waals surface area contributed by atoms with Crippen molar-refractivity contribution in [3.05, 3.63) is 30.1 Å². The lowest BCUT2D eigenvalue weighted by Gasteiger charge is -2.04. The molecule has 3 heteroatoms. The van der Waals surface area contributed by atoms with Crippen LogP contribution in [0.15, 0.2) is 24.4 Å². The minimum absolute atomic E-state index is 0.894. The Morgan fingerprint density at radius 3 is 2.44 bits per heavy atom. The SMILES string of the molecule is BrCCCCCCOCCCCc1ccccn1. The van der Waals surface area contributed by atoms with Gasteiger partial charge in [0.05, 0.1) is 0 Å². The van der Waals surface area contributed by atoms with E-state index in [4.69, 9.17) is 4.74 Å². The summed E-state index contributed by atoms with van der Waals surface area (Å²) in [7, 11) is 0. The van der Waals surface area contributed by atoms with Crippen molar-refractivity contribution in [2.24, 2.45) is 0 Å². The highest BCUT2D eigenvalue weighted by Crippen LogP contribution is 2.04. The number of pyridine rings is 1. The molecule has 0 fully saturated rings. The average Bonchev–Trinajstić information content (AvgIpc) is 2.42. The zero-order valence-corrected chi connectivity index (χ0v) is 12.7. The second-order valence-corrected chi connectivity index (χ2v) is 5.29. The molecule has 0 aliphatic rings. The molecule has 0 bridgehead atoms. The topological polar surface area (TPSA) is 22.1 Å². The normalized spacial score (nSPS) is 10.7. The summed E-state index contributed by atoms with van der Waals surface area (Å²) in [5.74, 6) is 0. The van der Waals surface area contributed by atoms with Crippen LogP contribution in [-0.4, -0.2) is 23.5 Å². The van der Waals surface area contributed by atoms with E-state index in [9.17, 15) is 0 Å². The largest absolute Gasteiger partial charge is 0.381 e. The lowest BCUT2D eigenvalue weighted by atomic mass is 10.2. The van der Waals surface area contributed by atoms with Gasteiger partial charge in [-0.15, -0.1) is 0 Å². The van der Waals surface area contributed by atoms with Gasteiger partial charge in [-0.25, -0.2) is 0 Å². The van der Waals surface area contributed by atoms with Gasteiger partial charge in [0, 0.05) is 30.4 Å². The third-order valence-electron chi connectivity index (χ3n) is 2.87. The Morgan fingerprint density at radius 1 is 0.944 bits per heavy atom. The van der Waals surface area contributed by atoms with Crippen LogP contribution in [0, 0.1) is 0 Å². The second-order valence-electron chi connectivity index (χ2n) is 4.49. The zero-order valence-electron chi connectivity index (χ0n) is 11.1.